The molecule has 0 unspecified atom stereocenters. The smallest absolute Gasteiger partial charge is 0.317 e. The zero-order valence-corrected chi connectivity index (χ0v) is 11.1. The first kappa shape index (κ1) is 12.9. The molecule has 2 amide bonds. The molecule has 1 atom stereocenters. The molecule has 0 spiro atoms. The van der Waals surface area contributed by atoms with Crippen LogP contribution in [0.4, 0.5) is 4.79 Å². The number of carbonyl (C=O) groups is 1. The number of nitrogens with zero attached hydrogens (tertiary/aromatic N) is 2. The summed E-state index contributed by atoms with van der Waals surface area (Å²) >= 11 is 0. The normalized spacial score (nSPS) is 17.1. The minimum absolute atomic E-state index is 0.0579. The van der Waals surface area contributed by atoms with Gasteiger partial charge in [0.15, 0.2) is 0 Å². The Kier molecular flexibility index (Phi) is 4.18. The lowest BCUT2D eigenvalue weighted by Crippen LogP contribution is -2.53. The SMILES string of the molecule is CC[C@H](C)CNC(=O)N1CC(c2ccccn2)C1. The third-order valence-corrected chi connectivity index (χ3v) is 3.57. The number of hydrogen-bond donors (Lipinski definition) is 1. The van der Waals surface area contributed by atoms with Crippen LogP contribution in [0.1, 0.15) is 31.9 Å². The average molecular weight is 247 g/mol. The van der Waals surface area contributed by atoms with Gasteiger partial charge >= 0.3 is 6.03 Å². The van der Waals surface area contributed by atoms with Gasteiger partial charge < -0.3 is 10.2 Å². The van der Waals surface area contributed by atoms with Crippen LogP contribution in [0.25, 0.3) is 0 Å². The minimum atomic E-state index is 0.0579. The van der Waals surface area contributed by atoms with Gasteiger partial charge in [-0.05, 0) is 18.1 Å². The summed E-state index contributed by atoms with van der Waals surface area (Å²) in [5, 5.41) is 2.97. The van der Waals surface area contributed by atoms with Crippen molar-refractivity contribution in [3.63, 3.8) is 0 Å². The molecule has 1 saturated heterocycles. The van der Waals surface area contributed by atoms with E-state index in [1.807, 2.05) is 23.1 Å². The number of nitrogens with one attached hydrogen (secondary N) is 1. The Labute approximate surface area is 108 Å². The lowest BCUT2D eigenvalue weighted by Gasteiger charge is -2.38. The van der Waals surface area contributed by atoms with E-state index in [0.29, 0.717) is 11.8 Å². The Balaban J connectivity index is 1.74. The van der Waals surface area contributed by atoms with Crippen molar-refractivity contribution in [3.8, 4) is 0 Å². The quantitative estimate of drug-likeness (QED) is 0.887. The first-order valence-electron chi connectivity index (χ1n) is 6.64. The van der Waals surface area contributed by atoms with Crippen LogP contribution in [0.2, 0.25) is 0 Å². The minimum Gasteiger partial charge on any atom is -0.338 e. The van der Waals surface area contributed by atoms with Crippen LogP contribution >= 0.6 is 0 Å². The van der Waals surface area contributed by atoms with Crippen molar-refractivity contribution in [2.45, 2.75) is 26.2 Å². The average Bonchev–Trinajstić information content (AvgIpc) is 2.35. The highest BCUT2D eigenvalue weighted by Crippen LogP contribution is 2.24. The standard InChI is InChI=1S/C14H21N3O/c1-3-11(2)8-16-14(18)17-9-12(10-17)13-6-4-5-7-15-13/h4-7,11-12H,3,8-10H2,1-2H3,(H,16,18)/t11-/m0/s1. The van der Waals surface area contributed by atoms with Gasteiger partial charge in [0.2, 0.25) is 0 Å². The molecule has 98 valence electrons. The molecule has 0 aromatic carbocycles. The summed E-state index contributed by atoms with van der Waals surface area (Å²) < 4.78 is 0. The number of hydrogen-bond acceptors (Lipinski definition) is 2. The number of amides is 2. The predicted octanol–water partition coefficient (Wildman–Crippen LogP) is 2.24. The maximum atomic E-state index is 11.8. The number of urea groups is 1. The Bertz CT molecular complexity index is 387. The molecular formula is C14H21N3O. The summed E-state index contributed by atoms with van der Waals surface area (Å²) in [5.41, 5.74) is 1.09. The first-order valence-corrected chi connectivity index (χ1v) is 6.64. The fourth-order valence-electron chi connectivity index (χ4n) is 1.97. The molecule has 1 fully saturated rings. The van der Waals surface area contributed by atoms with E-state index in [-0.39, 0.29) is 6.03 Å². The van der Waals surface area contributed by atoms with Gasteiger partial charge in [0.25, 0.3) is 0 Å². The fraction of sp³-hybridized carbons (Fsp3) is 0.571. The Morgan fingerprint density at radius 1 is 1.56 bits per heavy atom. The molecule has 4 heteroatoms. The molecule has 0 bridgehead atoms. The zero-order valence-electron chi connectivity index (χ0n) is 11.1. The van der Waals surface area contributed by atoms with Gasteiger partial charge in [-0.15, -0.1) is 0 Å². The van der Waals surface area contributed by atoms with Crippen molar-refractivity contribution in [1.82, 2.24) is 15.2 Å². The van der Waals surface area contributed by atoms with E-state index in [1.165, 1.54) is 0 Å². The van der Waals surface area contributed by atoms with Crippen LogP contribution in [-0.2, 0) is 0 Å². The third kappa shape index (κ3) is 3.00. The van der Waals surface area contributed by atoms with Crippen LogP contribution in [-0.4, -0.2) is 35.5 Å². The fourth-order valence-corrected chi connectivity index (χ4v) is 1.97. The van der Waals surface area contributed by atoms with Crippen LogP contribution in [0.3, 0.4) is 0 Å². The van der Waals surface area contributed by atoms with Crippen molar-refractivity contribution in [2.24, 2.45) is 5.92 Å². The summed E-state index contributed by atoms with van der Waals surface area (Å²) in [4.78, 5) is 18.0. The zero-order chi connectivity index (χ0) is 13.0. The molecule has 0 saturated carbocycles. The van der Waals surface area contributed by atoms with Gasteiger partial charge in [-0.2, -0.15) is 0 Å². The summed E-state index contributed by atoms with van der Waals surface area (Å²) in [7, 11) is 0. The monoisotopic (exact) mass is 247 g/mol. The number of likely N-dealkylation sites (tertiary alicyclic amines) is 1. The van der Waals surface area contributed by atoms with Gasteiger partial charge in [0, 0.05) is 37.4 Å². The maximum absolute atomic E-state index is 11.8. The van der Waals surface area contributed by atoms with E-state index < -0.39 is 0 Å². The lowest BCUT2D eigenvalue weighted by atomic mass is 9.96. The summed E-state index contributed by atoms with van der Waals surface area (Å²) in [5.74, 6) is 0.947. The molecule has 1 N–H and O–H groups in total. The molecule has 1 aliphatic rings. The van der Waals surface area contributed by atoms with Gasteiger partial charge in [-0.25, -0.2) is 4.79 Å². The lowest BCUT2D eigenvalue weighted by molar-refractivity contribution is 0.149. The molecule has 1 aliphatic heterocycles. The first-order chi connectivity index (χ1) is 8.70. The Morgan fingerprint density at radius 2 is 2.33 bits per heavy atom. The Hall–Kier alpha value is -1.58. The van der Waals surface area contributed by atoms with Crippen LogP contribution in [0.15, 0.2) is 24.4 Å². The van der Waals surface area contributed by atoms with E-state index in [2.05, 4.69) is 24.1 Å². The van der Waals surface area contributed by atoms with Crippen LogP contribution in [0.5, 0.6) is 0 Å². The van der Waals surface area contributed by atoms with Crippen molar-refractivity contribution in [2.75, 3.05) is 19.6 Å². The number of carbonyl (C=O) groups excluding carboxylic acids is 1. The van der Waals surface area contributed by atoms with E-state index in [4.69, 9.17) is 0 Å². The number of pyridine rings is 1. The van der Waals surface area contributed by atoms with Gasteiger partial charge in [0.05, 0.1) is 0 Å². The van der Waals surface area contributed by atoms with Crippen LogP contribution in [0, 0.1) is 5.92 Å². The van der Waals surface area contributed by atoms with Crippen molar-refractivity contribution in [3.05, 3.63) is 30.1 Å². The summed E-state index contributed by atoms with van der Waals surface area (Å²) in [6.45, 7) is 6.61. The second-order valence-corrected chi connectivity index (χ2v) is 5.06. The highest BCUT2D eigenvalue weighted by Gasteiger charge is 2.32. The van der Waals surface area contributed by atoms with E-state index >= 15 is 0 Å². The molecule has 2 heterocycles. The van der Waals surface area contributed by atoms with Gasteiger partial charge in [-0.3, -0.25) is 4.98 Å². The molecule has 1 aromatic rings. The maximum Gasteiger partial charge on any atom is 0.317 e. The molecule has 0 aliphatic carbocycles. The predicted molar refractivity (Wildman–Crippen MR) is 71.4 cm³/mol. The van der Waals surface area contributed by atoms with E-state index in [1.54, 1.807) is 6.20 Å². The number of aromatic nitrogens is 1. The molecule has 4 nitrogen and oxygen atoms in total. The van der Waals surface area contributed by atoms with Gasteiger partial charge in [0.1, 0.15) is 0 Å². The second kappa shape index (κ2) is 5.85. The number of rotatable bonds is 4. The van der Waals surface area contributed by atoms with Crippen molar-refractivity contribution in [1.29, 1.82) is 0 Å². The van der Waals surface area contributed by atoms with E-state index in [9.17, 15) is 4.79 Å². The highest BCUT2D eigenvalue weighted by molar-refractivity contribution is 5.75. The molecule has 18 heavy (non-hydrogen) atoms. The third-order valence-electron chi connectivity index (χ3n) is 3.57. The van der Waals surface area contributed by atoms with Crippen LogP contribution < -0.4 is 5.32 Å². The Morgan fingerprint density at radius 3 is 2.94 bits per heavy atom. The summed E-state index contributed by atoms with van der Waals surface area (Å²) in [6.07, 6.45) is 2.90. The van der Waals surface area contributed by atoms with Gasteiger partial charge in [-0.1, -0.05) is 26.3 Å². The molecule has 2 rings (SSSR count). The van der Waals surface area contributed by atoms with Crippen molar-refractivity contribution < 1.29 is 4.79 Å². The molecular weight excluding hydrogens is 226 g/mol. The molecule has 0 radical (unpaired) electrons. The highest BCUT2D eigenvalue weighted by atomic mass is 16.2. The van der Waals surface area contributed by atoms with E-state index in [0.717, 1.165) is 31.7 Å². The topological polar surface area (TPSA) is 45.2 Å². The molecule has 1 aromatic heterocycles. The van der Waals surface area contributed by atoms with Crippen molar-refractivity contribution >= 4 is 6.03 Å². The summed E-state index contributed by atoms with van der Waals surface area (Å²) in [6, 6.07) is 5.99. The largest absolute Gasteiger partial charge is 0.338 e. The second-order valence-electron chi connectivity index (χ2n) is 5.06.